The summed E-state index contributed by atoms with van der Waals surface area (Å²) >= 11 is 6.33. The Kier molecular flexibility index (Phi) is 5.72. The standard InChI is InChI=1S/C21H23ClO4/c1-4-14-10-13(2)20(11-18(14)22)25-12-17-16(15-8-9-15)6-5-7-19(17)26-21(23)24-3/h5-7,10-11,15H,4,8-9,12H2,1-3H3. The Morgan fingerprint density at radius 3 is 2.65 bits per heavy atom. The molecule has 0 amide bonds. The van der Waals surface area contributed by atoms with Crippen LogP contribution in [0.3, 0.4) is 0 Å². The molecular weight excluding hydrogens is 352 g/mol. The molecule has 1 aliphatic rings. The number of hydrogen-bond donors (Lipinski definition) is 0. The third-order valence-electron chi connectivity index (χ3n) is 4.64. The molecule has 0 saturated heterocycles. The zero-order valence-electron chi connectivity index (χ0n) is 15.3. The van der Waals surface area contributed by atoms with E-state index in [0.29, 0.717) is 23.3 Å². The van der Waals surface area contributed by atoms with Gasteiger partial charge in [0, 0.05) is 10.6 Å². The van der Waals surface area contributed by atoms with Crippen molar-refractivity contribution in [1.29, 1.82) is 0 Å². The van der Waals surface area contributed by atoms with E-state index in [4.69, 9.17) is 21.1 Å². The van der Waals surface area contributed by atoms with Crippen LogP contribution in [0.2, 0.25) is 5.02 Å². The number of carbonyl (C=O) groups is 1. The minimum atomic E-state index is -0.731. The summed E-state index contributed by atoms with van der Waals surface area (Å²) in [6.45, 7) is 4.38. The number of carbonyl (C=O) groups excluding carboxylic acids is 1. The van der Waals surface area contributed by atoms with Crippen LogP contribution < -0.4 is 9.47 Å². The molecular formula is C21H23ClO4. The lowest BCUT2D eigenvalue weighted by molar-refractivity contribution is 0.120. The van der Waals surface area contributed by atoms with Gasteiger partial charge in [0.2, 0.25) is 0 Å². The van der Waals surface area contributed by atoms with E-state index in [1.165, 1.54) is 12.7 Å². The molecule has 26 heavy (non-hydrogen) atoms. The van der Waals surface area contributed by atoms with Crippen LogP contribution in [0.25, 0.3) is 0 Å². The van der Waals surface area contributed by atoms with Gasteiger partial charge < -0.3 is 14.2 Å². The normalized spacial score (nSPS) is 13.4. The predicted molar refractivity (Wildman–Crippen MR) is 101 cm³/mol. The molecule has 5 heteroatoms. The highest BCUT2D eigenvalue weighted by molar-refractivity contribution is 6.31. The van der Waals surface area contributed by atoms with Gasteiger partial charge in [-0.25, -0.2) is 4.79 Å². The number of hydrogen-bond acceptors (Lipinski definition) is 4. The molecule has 0 unspecified atom stereocenters. The number of halogens is 1. The topological polar surface area (TPSA) is 44.8 Å². The summed E-state index contributed by atoms with van der Waals surface area (Å²) in [4.78, 5) is 11.6. The van der Waals surface area contributed by atoms with Crippen LogP contribution in [0.5, 0.6) is 11.5 Å². The zero-order chi connectivity index (χ0) is 18.7. The van der Waals surface area contributed by atoms with E-state index in [2.05, 4.69) is 23.8 Å². The van der Waals surface area contributed by atoms with E-state index < -0.39 is 6.16 Å². The highest BCUT2D eigenvalue weighted by atomic mass is 35.5. The minimum absolute atomic E-state index is 0.307. The zero-order valence-corrected chi connectivity index (χ0v) is 16.1. The summed E-state index contributed by atoms with van der Waals surface area (Å²) in [6, 6.07) is 9.64. The van der Waals surface area contributed by atoms with Gasteiger partial charge in [0.25, 0.3) is 0 Å². The van der Waals surface area contributed by atoms with Crippen LogP contribution in [0.4, 0.5) is 4.79 Å². The van der Waals surface area contributed by atoms with Gasteiger partial charge in [-0.3, -0.25) is 0 Å². The van der Waals surface area contributed by atoms with Crippen LogP contribution in [-0.4, -0.2) is 13.3 Å². The minimum Gasteiger partial charge on any atom is -0.488 e. The summed E-state index contributed by atoms with van der Waals surface area (Å²) < 4.78 is 16.0. The molecule has 0 atom stereocenters. The summed E-state index contributed by atoms with van der Waals surface area (Å²) in [7, 11) is 1.30. The fourth-order valence-corrected chi connectivity index (χ4v) is 3.33. The molecule has 0 heterocycles. The Labute approximate surface area is 159 Å². The lowest BCUT2D eigenvalue weighted by atomic mass is 10.0. The maximum atomic E-state index is 11.6. The molecule has 0 aromatic heterocycles. The number of methoxy groups -OCH3 is 1. The largest absolute Gasteiger partial charge is 0.513 e. The maximum Gasteiger partial charge on any atom is 0.513 e. The van der Waals surface area contributed by atoms with Crippen molar-refractivity contribution < 1.29 is 19.0 Å². The van der Waals surface area contributed by atoms with E-state index >= 15 is 0 Å². The van der Waals surface area contributed by atoms with E-state index in [1.54, 1.807) is 6.07 Å². The molecule has 0 aliphatic heterocycles. The van der Waals surface area contributed by atoms with E-state index in [1.807, 2.05) is 19.1 Å². The molecule has 0 spiro atoms. The van der Waals surface area contributed by atoms with Gasteiger partial charge in [0.15, 0.2) is 0 Å². The first kappa shape index (κ1) is 18.6. The van der Waals surface area contributed by atoms with E-state index in [9.17, 15) is 4.79 Å². The second kappa shape index (κ2) is 8.00. The lowest BCUT2D eigenvalue weighted by Gasteiger charge is -2.16. The first-order chi connectivity index (χ1) is 12.5. The van der Waals surface area contributed by atoms with Crippen molar-refractivity contribution in [1.82, 2.24) is 0 Å². The lowest BCUT2D eigenvalue weighted by Crippen LogP contribution is -2.11. The van der Waals surface area contributed by atoms with Crippen molar-refractivity contribution in [2.75, 3.05) is 7.11 Å². The monoisotopic (exact) mass is 374 g/mol. The Balaban J connectivity index is 1.87. The van der Waals surface area contributed by atoms with Crippen LogP contribution in [0.1, 0.15) is 47.9 Å². The number of benzene rings is 2. The van der Waals surface area contributed by atoms with Crippen molar-refractivity contribution in [3.05, 3.63) is 57.6 Å². The molecule has 2 aromatic rings. The molecule has 0 radical (unpaired) electrons. The Morgan fingerprint density at radius 1 is 1.23 bits per heavy atom. The first-order valence-corrected chi connectivity index (χ1v) is 9.20. The second-order valence-electron chi connectivity index (χ2n) is 6.51. The third kappa shape index (κ3) is 4.13. The SMILES string of the molecule is CCc1cc(C)c(OCc2c(OC(=O)OC)cccc2C2CC2)cc1Cl. The van der Waals surface area contributed by atoms with Crippen molar-refractivity contribution in [2.45, 2.75) is 45.6 Å². The maximum absolute atomic E-state index is 11.6. The first-order valence-electron chi connectivity index (χ1n) is 8.82. The summed E-state index contributed by atoms with van der Waals surface area (Å²) in [5.41, 5.74) is 4.19. The Bertz CT molecular complexity index is 812. The number of ether oxygens (including phenoxy) is 3. The van der Waals surface area contributed by atoms with Crippen molar-refractivity contribution in [3.8, 4) is 11.5 Å². The van der Waals surface area contributed by atoms with Crippen LogP contribution >= 0.6 is 11.6 Å². The number of rotatable bonds is 6. The summed E-state index contributed by atoms with van der Waals surface area (Å²) in [5, 5.41) is 0.703. The Morgan fingerprint density at radius 2 is 2.00 bits per heavy atom. The highest BCUT2D eigenvalue weighted by Gasteiger charge is 2.28. The predicted octanol–water partition coefficient (Wildman–Crippen LogP) is 5.81. The molecule has 138 valence electrons. The molecule has 1 saturated carbocycles. The van der Waals surface area contributed by atoms with Gasteiger partial charge in [0.05, 0.1) is 7.11 Å². The second-order valence-corrected chi connectivity index (χ2v) is 6.91. The Hall–Kier alpha value is -2.20. The van der Waals surface area contributed by atoms with E-state index in [-0.39, 0.29) is 0 Å². The van der Waals surface area contributed by atoms with Gasteiger partial charge in [-0.2, -0.15) is 0 Å². The molecule has 2 aromatic carbocycles. The smallest absolute Gasteiger partial charge is 0.488 e. The average molecular weight is 375 g/mol. The van der Waals surface area contributed by atoms with E-state index in [0.717, 1.165) is 41.7 Å². The summed E-state index contributed by atoms with van der Waals surface area (Å²) in [6.07, 6.45) is 2.43. The highest BCUT2D eigenvalue weighted by Crippen LogP contribution is 2.44. The molecule has 0 N–H and O–H groups in total. The van der Waals surface area contributed by atoms with Gasteiger partial charge >= 0.3 is 6.16 Å². The van der Waals surface area contributed by atoms with Crippen molar-refractivity contribution >= 4 is 17.8 Å². The van der Waals surface area contributed by atoms with Crippen molar-refractivity contribution in [2.24, 2.45) is 0 Å². The van der Waals surface area contributed by atoms with Gasteiger partial charge in [-0.15, -0.1) is 0 Å². The van der Waals surface area contributed by atoms with Gasteiger partial charge in [-0.05, 0) is 60.9 Å². The molecule has 1 fully saturated rings. The fourth-order valence-electron chi connectivity index (χ4n) is 3.04. The summed E-state index contributed by atoms with van der Waals surface area (Å²) in [5.74, 6) is 1.72. The fraction of sp³-hybridized carbons (Fsp3) is 0.381. The molecule has 0 bridgehead atoms. The van der Waals surface area contributed by atoms with Crippen LogP contribution in [-0.2, 0) is 17.8 Å². The third-order valence-corrected chi connectivity index (χ3v) is 5.00. The molecule has 1 aliphatic carbocycles. The van der Waals surface area contributed by atoms with Crippen molar-refractivity contribution in [3.63, 3.8) is 0 Å². The number of aryl methyl sites for hydroxylation is 2. The van der Waals surface area contributed by atoms with Crippen LogP contribution in [0.15, 0.2) is 30.3 Å². The molecule has 4 nitrogen and oxygen atoms in total. The van der Waals surface area contributed by atoms with Crippen LogP contribution in [0, 0.1) is 6.92 Å². The molecule has 3 rings (SSSR count). The van der Waals surface area contributed by atoms with Gasteiger partial charge in [0.1, 0.15) is 18.1 Å². The average Bonchev–Trinajstić information content (AvgIpc) is 3.47. The van der Waals surface area contributed by atoms with Gasteiger partial charge in [-0.1, -0.05) is 36.7 Å². The quantitative estimate of drug-likeness (QED) is 0.472.